The molecule has 2 amide bonds. The SMILES string of the molecule is COc1ccc(Cn2nnnc2SCC(=O)N2CCN(C(=O)c3cccs3)CC2)cc1. The van der Waals surface area contributed by atoms with Gasteiger partial charge in [-0.25, -0.2) is 4.68 Å². The molecule has 0 unspecified atom stereocenters. The molecule has 0 radical (unpaired) electrons. The Bertz CT molecular complexity index is 1010. The van der Waals surface area contributed by atoms with E-state index in [1.165, 1.54) is 23.1 Å². The van der Waals surface area contributed by atoms with Gasteiger partial charge in [0.15, 0.2) is 0 Å². The predicted octanol–water partition coefficient (Wildman–Crippen LogP) is 1.87. The van der Waals surface area contributed by atoms with E-state index >= 15 is 0 Å². The number of thioether (sulfide) groups is 1. The lowest BCUT2D eigenvalue weighted by atomic mass is 10.2. The minimum absolute atomic E-state index is 0.0206. The Hall–Kier alpha value is -2.92. The first-order valence-corrected chi connectivity index (χ1v) is 11.6. The van der Waals surface area contributed by atoms with Gasteiger partial charge in [-0.3, -0.25) is 9.59 Å². The normalized spacial score (nSPS) is 14.0. The van der Waals surface area contributed by atoms with Gasteiger partial charge >= 0.3 is 0 Å². The zero-order valence-electron chi connectivity index (χ0n) is 17.0. The zero-order chi connectivity index (χ0) is 21.6. The fourth-order valence-corrected chi connectivity index (χ4v) is 4.71. The van der Waals surface area contributed by atoms with E-state index in [-0.39, 0.29) is 17.6 Å². The van der Waals surface area contributed by atoms with Gasteiger partial charge in [0.05, 0.1) is 24.3 Å². The highest BCUT2D eigenvalue weighted by Gasteiger charge is 2.25. The van der Waals surface area contributed by atoms with Gasteiger partial charge in [-0.15, -0.1) is 16.4 Å². The molecule has 1 aliphatic rings. The van der Waals surface area contributed by atoms with E-state index in [4.69, 9.17) is 4.74 Å². The van der Waals surface area contributed by atoms with Crippen LogP contribution in [-0.2, 0) is 11.3 Å². The number of nitrogens with zero attached hydrogens (tertiary/aromatic N) is 6. The van der Waals surface area contributed by atoms with Crippen LogP contribution in [0.2, 0.25) is 0 Å². The average molecular weight is 459 g/mol. The molecule has 0 bridgehead atoms. The molecule has 3 aromatic rings. The van der Waals surface area contributed by atoms with Crippen molar-refractivity contribution >= 4 is 34.9 Å². The highest BCUT2D eigenvalue weighted by molar-refractivity contribution is 7.99. The van der Waals surface area contributed by atoms with Crippen LogP contribution in [0.25, 0.3) is 0 Å². The van der Waals surface area contributed by atoms with Gasteiger partial charge in [0.2, 0.25) is 11.1 Å². The standard InChI is InChI=1S/C20H22N6O3S2/c1-29-16-6-4-15(5-7-16)13-26-20(21-22-23-26)31-14-18(27)24-8-10-25(11-9-24)19(28)17-3-2-12-30-17/h2-7,12H,8-11,13-14H2,1H3. The fraction of sp³-hybridized carbons (Fsp3) is 0.350. The van der Waals surface area contributed by atoms with Crippen LogP contribution in [0, 0.1) is 0 Å². The third-order valence-electron chi connectivity index (χ3n) is 4.97. The highest BCUT2D eigenvalue weighted by Crippen LogP contribution is 2.19. The topological polar surface area (TPSA) is 93.4 Å². The monoisotopic (exact) mass is 458 g/mol. The Morgan fingerprint density at radius 3 is 2.52 bits per heavy atom. The maximum Gasteiger partial charge on any atom is 0.264 e. The van der Waals surface area contributed by atoms with Gasteiger partial charge in [0.25, 0.3) is 5.91 Å². The number of methoxy groups -OCH3 is 1. The maximum absolute atomic E-state index is 12.7. The number of rotatable bonds is 7. The number of tetrazole rings is 1. The molecule has 3 heterocycles. The summed E-state index contributed by atoms with van der Waals surface area (Å²) in [5.74, 6) is 1.10. The number of ether oxygens (including phenoxy) is 1. The number of hydrogen-bond acceptors (Lipinski definition) is 8. The number of benzene rings is 1. The summed E-state index contributed by atoms with van der Waals surface area (Å²) in [6.45, 7) is 2.67. The first-order valence-electron chi connectivity index (χ1n) is 9.76. The summed E-state index contributed by atoms with van der Waals surface area (Å²) in [4.78, 5) is 29.4. The molecule has 0 saturated carbocycles. The van der Waals surface area contributed by atoms with Crippen molar-refractivity contribution in [3.8, 4) is 5.75 Å². The molecule has 31 heavy (non-hydrogen) atoms. The molecule has 1 aromatic carbocycles. The molecule has 9 nitrogen and oxygen atoms in total. The molecular weight excluding hydrogens is 436 g/mol. The van der Waals surface area contributed by atoms with E-state index in [2.05, 4.69) is 15.5 Å². The molecule has 0 aliphatic carbocycles. The third-order valence-corrected chi connectivity index (χ3v) is 6.77. The van der Waals surface area contributed by atoms with E-state index in [1.807, 2.05) is 41.8 Å². The summed E-state index contributed by atoms with van der Waals surface area (Å²) in [5.41, 5.74) is 1.04. The summed E-state index contributed by atoms with van der Waals surface area (Å²) < 4.78 is 6.85. The molecule has 4 rings (SSSR count). The van der Waals surface area contributed by atoms with E-state index in [9.17, 15) is 9.59 Å². The first-order chi connectivity index (χ1) is 15.1. The number of amides is 2. The summed E-state index contributed by atoms with van der Waals surface area (Å²) in [6.07, 6.45) is 0. The lowest BCUT2D eigenvalue weighted by Gasteiger charge is -2.34. The quantitative estimate of drug-likeness (QED) is 0.499. The second kappa shape index (κ2) is 9.92. The molecular formula is C20H22N6O3S2. The Kier molecular flexibility index (Phi) is 6.82. The lowest BCUT2D eigenvalue weighted by Crippen LogP contribution is -2.51. The average Bonchev–Trinajstić information content (AvgIpc) is 3.50. The predicted molar refractivity (Wildman–Crippen MR) is 117 cm³/mol. The van der Waals surface area contributed by atoms with Crippen molar-refractivity contribution in [2.24, 2.45) is 0 Å². The number of piperazine rings is 1. The Balaban J connectivity index is 1.27. The van der Waals surface area contributed by atoms with Gasteiger partial charge < -0.3 is 14.5 Å². The van der Waals surface area contributed by atoms with E-state index in [0.29, 0.717) is 37.9 Å². The first kappa shape index (κ1) is 21.3. The van der Waals surface area contributed by atoms with Gasteiger partial charge in [-0.1, -0.05) is 30.0 Å². The molecule has 1 saturated heterocycles. The molecule has 0 N–H and O–H groups in total. The van der Waals surface area contributed by atoms with Crippen LogP contribution in [0.5, 0.6) is 5.75 Å². The lowest BCUT2D eigenvalue weighted by molar-refractivity contribution is -0.129. The molecule has 1 aliphatic heterocycles. The minimum Gasteiger partial charge on any atom is -0.497 e. The third kappa shape index (κ3) is 5.23. The molecule has 162 valence electrons. The fourth-order valence-electron chi connectivity index (χ4n) is 3.24. The number of thiophene rings is 1. The summed E-state index contributed by atoms with van der Waals surface area (Å²) in [6, 6.07) is 11.4. The van der Waals surface area contributed by atoms with Crippen LogP contribution >= 0.6 is 23.1 Å². The van der Waals surface area contributed by atoms with Crippen LogP contribution in [0.4, 0.5) is 0 Å². The van der Waals surface area contributed by atoms with Gasteiger partial charge in [-0.2, -0.15) is 0 Å². The van der Waals surface area contributed by atoms with Crippen LogP contribution in [0.1, 0.15) is 15.2 Å². The van der Waals surface area contributed by atoms with Gasteiger partial charge in [0.1, 0.15) is 5.75 Å². The molecule has 0 atom stereocenters. The maximum atomic E-state index is 12.7. The van der Waals surface area contributed by atoms with Crippen LogP contribution in [0.3, 0.4) is 0 Å². The summed E-state index contributed by atoms with van der Waals surface area (Å²) >= 11 is 2.76. The molecule has 0 spiro atoms. The minimum atomic E-state index is 0.0206. The molecule has 2 aromatic heterocycles. The van der Waals surface area contributed by atoms with Crippen molar-refractivity contribution in [2.75, 3.05) is 39.0 Å². The molecule has 11 heteroatoms. The number of carbonyl (C=O) groups excluding carboxylic acids is 2. The van der Waals surface area contributed by atoms with Crippen molar-refractivity contribution < 1.29 is 14.3 Å². The van der Waals surface area contributed by atoms with Crippen molar-refractivity contribution in [3.63, 3.8) is 0 Å². The van der Waals surface area contributed by atoms with Gasteiger partial charge in [0, 0.05) is 26.2 Å². The number of carbonyl (C=O) groups is 2. The second-order valence-electron chi connectivity index (χ2n) is 6.91. The largest absolute Gasteiger partial charge is 0.497 e. The van der Waals surface area contributed by atoms with Crippen molar-refractivity contribution in [3.05, 3.63) is 52.2 Å². The van der Waals surface area contributed by atoms with Gasteiger partial charge in [-0.05, 0) is 39.6 Å². The van der Waals surface area contributed by atoms with Crippen molar-refractivity contribution in [2.45, 2.75) is 11.7 Å². The second-order valence-corrected chi connectivity index (χ2v) is 8.80. The smallest absolute Gasteiger partial charge is 0.264 e. The molecule has 1 fully saturated rings. The Morgan fingerprint density at radius 2 is 1.84 bits per heavy atom. The van der Waals surface area contributed by atoms with Crippen LogP contribution < -0.4 is 4.74 Å². The zero-order valence-corrected chi connectivity index (χ0v) is 18.6. The summed E-state index contributed by atoms with van der Waals surface area (Å²) in [5, 5.41) is 14.3. The van der Waals surface area contributed by atoms with Crippen molar-refractivity contribution in [1.29, 1.82) is 0 Å². The number of hydrogen-bond donors (Lipinski definition) is 0. The van der Waals surface area contributed by atoms with Crippen LogP contribution in [0.15, 0.2) is 46.9 Å². The highest BCUT2D eigenvalue weighted by atomic mass is 32.2. The van der Waals surface area contributed by atoms with Crippen LogP contribution in [-0.4, -0.2) is 80.9 Å². The number of aromatic nitrogens is 4. The van der Waals surface area contributed by atoms with E-state index in [1.54, 1.807) is 21.6 Å². The Labute approximate surface area is 188 Å². The van der Waals surface area contributed by atoms with E-state index < -0.39 is 0 Å². The van der Waals surface area contributed by atoms with E-state index in [0.717, 1.165) is 16.2 Å². The summed E-state index contributed by atoms with van der Waals surface area (Å²) in [7, 11) is 1.63. The van der Waals surface area contributed by atoms with Crippen molar-refractivity contribution in [1.82, 2.24) is 30.0 Å². The Morgan fingerprint density at radius 1 is 1.10 bits per heavy atom.